The van der Waals surface area contributed by atoms with E-state index in [-0.39, 0.29) is 12.6 Å². The highest BCUT2D eigenvalue weighted by Crippen LogP contribution is 2.15. The molecular formula is C16H20N2O2. The second kappa shape index (κ2) is 7.03. The van der Waals surface area contributed by atoms with Gasteiger partial charge in [0.15, 0.2) is 0 Å². The summed E-state index contributed by atoms with van der Waals surface area (Å²) in [5.41, 5.74) is 3.20. The molecule has 106 valence electrons. The first kappa shape index (κ1) is 14.5. The summed E-state index contributed by atoms with van der Waals surface area (Å²) in [7, 11) is 1.61. The zero-order valence-corrected chi connectivity index (χ0v) is 11.8. The van der Waals surface area contributed by atoms with Gasteiger partial charge in [-0.25, -0.2) is 4.98 Å². The average molecular weight is 272 g/mol. The van der Waals surface area contributed by atoms with Crippen LogP contribution in [0.2, 0.25) is 0 Å². The third kappa shape index (κ3) is 3.79. The summed E-state index contributed by atoms with van der Waals surface area (Å²) in [5, 5.41) is 12.6. The van der Waals surface area contributed by atoms with E-state index in [1.54, 1.807) is 7.11 Å². The summed E-state index contributed by atoms with van der Waals surface area (Å²) >= 11 is 0. The molecule has 2 rings (SSSR count). The van der Waals surface area contributed by atoms with Crippen LogP contribution in [0.4, 0.5) is 0 Å². The van der Waals surface area contributed by atoms with Crippen LogP contribution in [0, 0.1) is 0 Å². The highest BCUT2D eigenvalue weighted by molar-refractivity contribution is 5.25. The van der Waals surface area contributed by atoms with Crippen LogP contribution in [-0.2, 0) is 13.2 Å². The van der Waals surface area contributed by atoms with Crippen LogP contribution in [0.25, 0.3) is 0 Å². The molecule has 2 N–H and O–H groups in total. The van der Waals surface area contributed by atoms with E-state index in [2.05, 4.69) is 23.3 Å². The summed E-state index contributed by atoms with van der Waals surface area (Å²) in [6, 6.07) is 12.0. The summed E-state index contributed by atoms with van der Waals surface area (Å²) in [4.78, 5) is 4.18. The Kier molecular flexibility index (Phi) is 5.09. The predicted octanol–water partition coefficient (Wildman–Crippen LogP) is 2.43. The first-order valence-corrected chi connectivity index (χ1v) is 6.65. The molecule has 0 fully saturated rings. The van der Waals surface area contributed by atoms with E-state index in [0.717, 1.165) is 23.2 Å². The summed E-state index contributed by atoms with van der Waals surface area (Å²) in [5.74, 6) is 0.623. The van der Waals surface area contributed by atoms with Gasteiger partial charge in [-0.2, -0.15) is 0 Å². The number of aromatic nitrogens is 1. The minimum Gasteiger partial charge on any atom is -0.481 e. The smallest absolute Gasteiger partial charge is 0.212 e. The van der Waals surface area contributed by atoms with Crippen molar-refractivity contribution in [2.75, 3.05) is 7.11 Å². The van der Waals surface area contributed by atoms with Gasteiger partial charge in [0.2, 0.25) is 5.88 Å². The maximum Gasteiger partial charge on any atom is 0.212 e. The molecule has 20 heavy (non-hydrogen) atoms. The van der Waals surface area contributed by atoms with Gasteiger partial charge in [0.1, 0.15) is 0 Å². The fourth-order valence-corrected chi connectivity index (χ4v) is 1.99. The molecule has 0 aliphatic rings. The molecule has 0 saturated carbocycles. The summed E-state index contributed by atoms with van der Waals surface area (Å²) in [6.45, 7) is 2.91. The molecule has 2 aromatic rings. The van der Waals surface area contributed by atoms with Crippen LogP contribution in [0.1, 0.15) is 29.7 Å². The molecule has 0 saturated heterocycles. The first-order chi connectivity index (χ1) is 9.72. The Labute approximate surface area is 119 Å². The molecule has 0 spiro atoms. The Morgan fingerprint density at radius 3 is 2.75 bits per heavy atom. The van der Waals surface area contributed by atoms with Crippen molar-refractivity contribution in [3.8, 4) is 5.88 Å². The van der Waals surface area contributed by atoms with Crippen LogP contribution < -0.4 is 10.1 Å². The second-order valence-electron chi connectivity index (χ2n) is 4.71. The van der Waals surface area contributed by atoms with Gasteiger partial charge in [-0.3, -0.25) is 0 Å². The predicted molar refractivity (Wildman–Crippen MR) is 78.4 cm³/mol. The lowest BCUT2D eigenvalue weighted by Crippen LogP contribution is -2.18. The number of hydrogen-bond acceptors (Lipinski definition) is 4. The van der Waals surface area contributed by atoms with Crippen molar-refractivity contribution in [3.05, 3.63) is 59.3 Å². The zero-order valence-electron chi connectivity index (χ0n) is 11.8. The third-order valence-electron chi connectivity index (χ3n) is 3.25. The van der Waals surface area contributed by atoms with Crippen molar-refractivity contribution in [2.45, 2.75) is 26.1 Å². The molecule has 4 heteroatoms. The molecule has 1 unspecified atom stereocenters. The lowest BCUT2D eigenvalue weighted by Gasteiger charge is -2.15. The Morgan fingerprint density at radius 1 is 1.25 bits per heavy atom. The van der Waals surface area contributed by atoms with Crippen LogP contribution in [0.15, 0.2) is 42.6 Å². The number of hydrogen-bond donors (Lipinski definition) is 2. The van der Waals surface area contributed by atoms with E-state index in [0.29, 0.717) is 5.88 Å². The van der Waals surface area contributed by atoms with Crippen LogP contribution in [0.3, 0.4) is 0 Å². The van der Waals surface area contributed by atoms with E-state index in [4.69, 9.17) is 9.84 Å². The van der Waals surface area contributed by atoms with Crippen molar-refractivity contribution in [2.24, 2.45) is 0 Å². The summed E-state index contributed by atoms with van der Waals surface area (Å²) in [6.07, 6.45) is 1.81. The molecule has 1 heterocycles. The highest BCUT2D eigenvalue weighted by atomic mass is 16.5. The van der Waals surface area contributed by atoms with Crippen molar-refractivity contribution in [1.29, 1.82) is 0 Å². The molecule has 4 nitrogen and oxygen atoms in total. The molecule has 0 aliphatic heterocycles. The summed E-state index contributed by atoms with van der Waals surface area (Å²) < 4.78 is 5.03. The monoisotopic (exact) mass is 272 g/mol. The third-order valence-corrected chi connectivity index (χ3v) is 3.25. The second-order valence-corrected chi connectivity index (χ2v) is 4.71. The molecular weight excluding hydrogens is 252 g/mol. The number of nitrogens with zero attached hydrogens (tertiary/aromatic N) is 1. The van der Waals surface area contributed by atoms with Gasteiger partial charge in [-0.05, 0) is 23.6 Å². The van der Waals surface area contributed by atoms with Crippen molar-refractivity contribution < 1.29 is 9.84 Å². The lowest BCUT2D eigenvalue weighted by molar-refractivity contribution is 0.281. The fraction of sp³-hybridized carbons (Fsp3) is 0.312. The standard InChI is InChI=1S/C16H20N2O2/c1-12(15-5-3-4-13(8-15)11-19)17-9-14-6-7-16(20-2)18-10-14/h3-8,10,12,17,19H,9,11H2,1-2H3. The SMILES string of the molecule is COc1ccc(CNC(C)c2cccc(CO)c2)cn1. The molecule has 1 aromatic heterocycles. The number of rotatable bonds is 6. The number of aliphatic hydroxyl groups is 1. The van der Waals surface area contributed by atoms with Gasteiger partial charge in [0, 0.05) is 24.8 Å². The van der Waals surface area contributed by atoms with Crippen LogP contribution in [-0.4, -0.2) is 17.2 Å². The van der Waals surface area contributed by atoms with Gasteiger partial charge in [0.05, 0.1) is 13.7 Å². The van der Waals surface area contributed by atoms with Gasteiger partial charge >= 0.3 is 0 Å². The molecule has 0 radical (unpaired) electrons. The largest absolute Gasteiger partial charge is 0.481 e. The molecule has 0 amide bonds. The Hall–Kier alpha value is -1.91. The number of ether oxygens (including phenoxy) is 1. The Balaban J connectivity index is 1.95. The first-order valence-electron chi connectivity index (χ1n) is 6.65. The number of benzene rings is 1. The number of pyridine rings is 1. The van der Waals surface area contributed by atoms with Gasteiger partial charge in [0.25, 0.3) is 0 Å². The topological polar surface area (TPSA) is 54.4 Å². The maximum absolute atomic E-state index is 9.16. The average Bonchev–Trinajstić information content (AvgIpc) is 2.53. The number of nitrogens with one attached hydrogen (secondary N) is 1. The van der Waals surface area contributed by atoms with Crippen LogP contribution in [0.5, 0.6) is 5.88 Å². The Bertz CT molecular complexity index is 540. The number of methoxy groups -OCH3 is 1. The number of aliphatic hydroxyl groups excluding tert-OH is 1. The molecule has 0 bridgehead atoms. The van der Waals surface area contributed by atoms with Crippen molar-refractivity contribution in [1.82, 2.24) is 10.3 Å². The van der Waals surface area contributed by atoms with E-state index in [1.807, 2.05) is 36.5 Å². The van der Waals surface area contributed by atoms with Gasteiger partial charge in [-0.15, -0.1) is 0 Å². The molecule has 1 atom stereocenters. The van der Waals surface area contributed by atoms with Crippen molar-refractivity contribution >= 4 is 0 Å². The van der Waals surface area contributed by atoms with E-state index >= 15 is 0 Å². The molecule has 0 aliphatic carbocycles. The van der Waals surface area contributed by atoms with Crippen molar-refractivity contribution in [3.63, 3.8) is 0 Å². The normalized spacial score (nSPS) is 12.2. The fourth-order valence-electron chi connectivity index (χ4n) is 1.99. The van der Waals surface area contributed by atoms with E-state index in [1.165, 1.54) is 0 Å². The van der Waals surface area contributed by atoms with E-state index < -0.39 is 0 Å². The quantitative estimate of drug-likeness (QED) is 0.848. The highest BCUT2D eigenvalue weighted by Gasteiger charge is 2.05. The van der Waals surface area contributed by atoms with Gasteiger partial charge in [-0.1, -0.05) is 30.3 Å². The van der Waals surface area contributed by atoms with Gasteiger partial charge < -0.3 is 15.2 Å². The van der Waals surface area contributed by atoms with Crippen LogP contribution >= 0.6 is 0 Å². The maximum atomic E-state index is 9.16. The lowest BCUT2D eigenvalue weighted by atomic mass is 10.1. The Morgan fingerprint density at radius 2 is 2.10 bits per heavy atom. The minimum absolute atomic E-state index is 0.0724. The zero-order chi connectivity index (χ0) is 14.4. The molecule has 1 aromatic carbocycles. The van der Waals surface area contributed by atoms with E-state index in [9.17, 15) is 0 Å². The minimum atomic E-state index is 0.0724.